The van der Waals surface area contributed by atoms with Crippen molar-refractivity contribution in [1.82, 2.24) is 5.32 Å². The van der Waals surface area contributed by atoms with Gasteiger partial charge >= 0.3 is 0 Å². The molecule has 0 atom stereocenters. The fourth-order valence-electron chi connectivity index (χ4n) is 1.97. The highest BCUT2D eigenvalue weighted by molar-refractivity contribution is 4.86. The molecule has 0 aromatic carbocycles. The molecular weight excluding hydrogens is 178 g/mol. The van der Waals surface area contributed by atoms with Crippen molar-refractivity contribution >= 4 is 0 Å². The number of rotatable bonds is 5. The van der Waals surface area contributed by atoms with Gasteiger partial charge < -0.3 is 15.2 Å². The van der Waals surface area contributed by atoms with E-state index >= 15 is 0 Å². The molecule has 0 aromatic rings. The monoisotopic (exact) mass is 201 g/mol. The minimum atomic E-state index is -0.458. The van der Waals surface area contributed by atoms with E-state index in [0.717, 1.165) is 38.1 Å². The fraction of sp³-hybridized carbons (Fsp3) is 1.00. The van der Waals surface area contributed by atoms with E-state index in [2.05, 4.69) is 12.2 Å². The summed E-state index contributed by atoms with van der Waals surface area (Å²) in [6.07, 6.45) is 4.19. The lowest BCUT2D eigenvalue weighted by molar-refractivity contribution is -0.00686. The van der Waals surface area contributed by atoms with Gasteiger partial charge in [0.05, 0.1) is 12.2 Å². The van der Waals surface area contributed by atoms with Gasteiger partial charge in [0.15, 0.2) is 0 Å². The van der Waals surface area contributed by atoms with Crippen LogP contribution in [0.4, 0.5) is 0 Å². The van der Waals surface area contributed by atoms with Gasteiger partial charge in [-0.05, 0) is 31.6 Å². The molecule has 1 saturated carbocycles. The second kappa shape index (κ2) is 5.69. The van der Waals surface area contributed by atoms with Gasteiger partial charge in [-0.25, -0.2) is 0 Å². The maximum absolute atomic E-state index is 10.2. The molecule has 0 aromatic heterocycles. The zero-order valence-electron chi connectivity index (χ0n) is 9.38. The van der Waals surface area contributed by atoms with Crippen molar-refractivity contribution in [1.29, 1.82) is 0 Å². The minimum Gasteiger partial charge on any atom is -0.389 e. The molecule has 1 aliphatic rings. The van der Waals surface area contributed by atoms with Gasteiger partial charge in [0, 0.05) is 20.2 Å². The third-order valence-electron chi connectivity index (χ3n) is 3.14. The largest absolute Gasteiger partial charge is 0.389 e. The molecule has 1 fully saturated rings. The lowest BCUT2D eigenvalue weighted by Gasteiger charge is -2.35. The summed E-state index contributed by atoms with van der Waals surface area (Å²) in [4.78, 5) is 0. The summed E-state index contributed by atoms with van der Waals surface area (Å²) in [6, 6.07) is 0. The Balaban J connectivity index is 2.15. The van der Waals surface area contributed by atoms with Gasteiger partial charge in [0.1, 0.15) is 0 Å². The molecule has 1 rings (SSSR count). The van der Waals surface area contributed by atoms with Crippen molar-refractivity contribution in [3.05, 3.63) is 0 Å². The Morgan fingerprint density at radius 2 is 2.07 bits per heavy atom. The van der Waals surface area contributed by atoms with Crippen molar-refractivity contribution in [2.24, 2.45) is 5.92 Å². The Labute approximate surface area is 86.8 Å². The number of hydrogen-bond acceptors (Lipinski definition) is 3. The van der Waals surface area contributed by atoms with Crippen LogP contribution in [0.5, 0.6) is 0 Å². The molecule has 2 N–H and O–H groups in total. The number of ether oxygens (including phenoxy) is 1. The van der Waals surface area contributed by atoms with Crippen molar-refractivity contribution < 1.29 is 9.84 Å². The predicted octanol–water partition coefficient (Wildman–Crippen LogP) is 1.16. The Kier molecular flexibility index (Phi) is 4.85. The van der Waals surface area contributed by atoms with Gasteiger partial charge in [0.25, 0.3) is 0 Å². The minimum absolute atomic E-state index is 0.458. The van der Waals surface area contributed by atoms with E-state index in [-0.39, 0.29) is 0 Å². The standard InChI is InChI=1S/C11H23NO2/c1-10-3-5-11(13,6-4-10)9-12-7-8-14-2/h10,12-13H,3-9H2,1-2H3. The molecular formula is C11H23NO2. The van der Waals surface area contributed by atoms with E-state index in [9.17, 15) is 5.11 Å². The topological polar surface area (TPSA) is 41.5 Å². The first-order valence-electron chi connectivity index (χ1n) is 5.58. The van der Waals surface area contributed by atoms with Crippen LogP contribution < -0.4 is 5.32 Å². The molecule has 0 amide bonds. The number of hydrogen-bond donors (Lipinski definition) is 2. The SMILES string of the molecule is COCCNCC1(O)CCC(C)CC1. The summed E-state index contributed by atoms with van der Waals surface area (Å²) >= 11 is 0. The second-order valence-corrected chi connectivity index (χ2v) is 4.58. The molecule has 84 valence electrons. The van der Waals surface area contributed by atoms with Crippen LogP contribution in [0.2, 0.25) is 0 Å². The van der Waals surface area contributed by atoms with Crippen LogP contribution in [0.3, 0.4) is 0 Å². The first kappa shape index (κ1) is 12.0. The molecule has 0 saturated heterocycles. The van der Waals surface area contributed by atoms with Gasteiger partial charge in [-0.3, -0.25) is 0 Å². The average molecular weight is 201 g/mol. The van der Waals surface area contributed by atoms with Crippen molar-refractivity contribution in [2.75, 3.05) is 26.8 Å². The van der Waals surface area contributed by atoms with E-state index in [1.54, 1.807) is 7.11 Å². The Hall–Kier alpha value is -0.120. The fourth-order valence-corrected chi connectivity index (χ4v) is 1.97. The van der Waals surface area contributed by atoms with E-state index < -0.39 is 5.60 Å². The first-order valence-corrected chi connectivity index (χ1v) is 5.58. The summed E-state index contributed by atoms with van der Waals surface area (Å²) in [6.45, 7) is 4.52. The van der Waals surface area contributed by atoms with Crippen LogP contribution in [-0.4, -0.2) is 37.5 Å². The van der Waals surface area contributed by atoms with Crippen LogP contribution in [0.25, 0.3) is 0 Å². The predicted molar refractivity (Wildman–Crippen MR) is 57.3 cm³/mol. The highest BCUT2D eigenvalue weighted by atomic mass is 16.5. The van der Waals surface area contributed by atoms with E-state index in [1.165, 1.54) is 0 Å². The Morgan fingerprint density at radius 1 is 1.43 bits per heavy atom. The highest BCUT2D eigenvalue weighted by Crippen LogP contribution is 2.31. The summed E-state index contributed by atoms with van der Waals surface area (Å²) in [5.74, 6) is 0.786. The van der Waals surface area contributed by atoms with Gasteiger partial charge in [-0.1, -0.05) is 6.92 Å². The Morgan fingerprint density at radius 3 is 2.64 bits per heavy atom. The van der Waals surface area contributed by atoms with Gasteiger partial charge in [0.2, 0.25) is 0 Å². The summed E-state index contributed by atoms with van der Waals surface area (Å²) in [5.41, 5.74) is -0.458. The molecule has 1 aliphatic carbocycles. The highest BCUT2D eigenvalue weighted by Gasteiger charge is 2.30. The summed E-state index contributed by atoms with van der Waals surface area (Å²) in [5, 5.41) is 13.4. The molecule has 0 bridgehead atoms. The van der Waals surface area contributed by atoms with Crippen LogP contribution in [-0.2, 0) is 4.74 Å². The van der Waals surface area contributed by atoms with E-state index in [1.807, 2.05) is 0 Å². The molecule has 0 heterocycles. The zero-order valence-corrected chi connectivity index (χ0v) is 9.38. The van der Waals surface area contributed by atoms with Crippen LogP contribution in [0, 0.1) is 5.92 Å². The van der Waals surface area contributed by atoms with Crippen molar-refractivity contribution in [2.45, 2.75) is 38.2 Å². The molecule has 0 spiro atoms. The second-order valence-electron chi connectivity index (χ2n) is 4.58. The zero-order chi connectivity index (χ0) is 10.4. The molecule has 3 heteroatoms. The average Bonchev–Trinajstić information content (AvgIpc) is 2.18. The maximum atomic E-state index is 10.2. The van der Waals surface area contributed by atoms with Crippen LogP contribution in [0.1, 0.15) is 32.6 Å². The molecule has 3 nitrogen and oxygen atoms in total. The molecule has 0 unspecified atom stereocenters. The van der Waals surface area contributed by atoms with Crippen molar-refractivity contribution in [3.8, 4) is 0 Å². The van der Waals surface area contributed by atoms with Gasteiger partial charge in [-0.2, -0.15) is 0 Å². The molecule has 0 aliphatic heterocycles. The van der Waals surface area contributed by atoms with E-state index in [4.69, 9.17) is 4.74 Å². The number of nitrogens with one attached hydrogen (secondary N) is 1. The summed E-state index contributed by atoms with van der Waals surface area (Å²) < 4.78 is 4.94. The van der Waals surface area contributed by atoms with Crippen LogP contribution >= 0.6 is 0 Å². The van der Waals surface area contributed by atoms with E-state index in [0.29, 0.717) is 13.2 Å². The maximum Gasteiger partial charge on any atom is 0.0771 e. The third kappa shape index (κ3) is 3.95. The number of methoxy groups -OCH3 is 1. The quantitative estimate of drug-likeness (QED) is 0.656. The lowest BCUT2D eigenvalue weighted by atomic mass is 9.79. The Bertz CT molecular complexity index is 153. The van der Waals surface area contributed by atoms with Crippen molar-refractivity contribution in [3.63, 3.8) is 0 Å². The molecule has 0 radical (unpaired) electrons. The first-order chi connectivity index (χ1) is 6.66. The van der Waals surface area contributed by atoms with Crippen LogP contribution in [0.15, 0.2) is 0 Å². The normalized spacial score (nSPS) is 33.2. The smallest absolute Gasteiger partial charge is 0.0771 e. The van der Waals surface area contributed by atoms with Gasteiger partial charge in [-0.15, -0.1) is 0 Å². The lowest BCUT2D eigenvalue weighted by Crippen LogP contribution is -2.44. The summed E-state index contributed by atoms with van der Waals surface area (Å²) in [7, 11) is 1.69. The molecule has 14 heavy (non-hydrogen) atoms. The number of aliphatic hydroxyl groups is 1. The third-order valence-corrected chi connectivity index (χ3v) is 3.14.